The van der Waals surface area contributed by atoms with E-state index < -0.39 is 0 Å². The van der Waals surface area contributed by atoms with Crippen LogP contribution in [0.25, 0.3) is 44.7 Å². The van der Waals surface area contributed by atoms with Crippen LogP contribution in [0.1, 0.15) is 40.2 Å². The normalized spacial score (nSPS) is 15.2. The van der Waals surface area contributed by atoms with Crippen molar-refractivity contribution in [1.29, 1.82) is 0 Å². The highest BCUT2D eigenvalue weighted by atomic mass is 16.5. The molecule has 5 aromatic carbocycles. The lowest BCUT2D eigenvalue weighted by molar-refractivity contribution is 0.425. The van der Waals surface area contributed by atoms with Gasteiger partial charge in [-0.15, -0.1) is 0 Å². The lowest BCUT2D eigenvalue weighted by Gasteiger charge is -2.19. The summed E-state index contributed by atoms with van der Waals surface area (Å²) in [5.41, 5.74) is 14.9. The zero-order valence-electron chi connectivity index (χ0n) is 26.1. The molecule has 0 bridgehead atoms. The minimum absolute atomic E-state index is 0.253. The average molecular weight is 586 g/mol. The fourth-order valence-corrected chi connectivity index (χ4v) is 6.91. The number of rotatable bonds is 2. The van der Waals surface area contributed by atoms with Crippen LogP contribution in [0.4, 0.5) is 0 Å². The van der Waals surface area contributed by atoms with Gasteiger partial charge in [0.05, 0.1) is 28.0 Å². The molecule has 0 fully saturated rings. The molecule has 7 aromatic rings. The molecule has 2 aromatic heterocycles. The van der Waals surface area contributed by atoms with E-state index >= 15 is 0 Å². The van der Waals surface area contributed by atoms with Crippen LogP contribution in [0.3, 0.4) is 0 Å². The molecule has 45 heavy (non-hydrogen) atoms. The molecular weight excluding hydrogens is 550 g/mol. The van der Waals surface area contributed by atoms with Crippen molar-refractivity contribution in [3.05, 3.63) is 155 Å². The summed E-state index contributed by atoms with van der Waals surface area (Å²) < 4.78 is 10.8. The second-order valence-electron chi connectivity index (χ2n) is 12.3. The quantitative estimate of drug-likeness (QED) is 0.202. The molecule has 0 saturated carbocycles. The number of aromatic nitrogens is 3. The molecule has 220 valence electrons. The molecule has 1 aliphatic heterocycles. The van der Waals surface area contributed by atoms with Gasteiger partial charge in [0.1, 0.15) is 11.5 Å². The van der Waals surface area contributed by atoms with E-state index in [0.29, 0.717) is 0 Å². The Morgan fingerprint density at radius 1 is 0.644 bits per heavy atom. The van der Waals surface area contributed by atoms with Gasteiger partial charge in [-0.2, -0.15) is 0 Å². The molecule has 0 radical (unpaired) electrons. The number of fused-ring (bicyclic) bond motifs is 8. The van der Waals surface area contributed by atoms with Crippen LogP contribution in [0.2, 0.25) is 0 Å². The van der Waals surface area contributed by atoms with Gasteiger partial charge in [-0.3, -0.25) is 8.97 Å². The summed E-state index contributed by atoms with van der Waals surface area (Å²) in [5.74, 6) is 3.25. The standard InChI is InChI=1S/C27H21N3O.C14H14/c1-16-8-11-25-19(13-16)20-15-18(9-12-26(20)31-25)29-22-5-3-4-6-23(22)30-24-14-17(2)7-10-21(24)28-27(29)30;1-11-7-3-5-9-13(11)14-10-6-4-8-12(14)2/h3-14,20H,15H2,1-2H3;3-10H,1-2H3. The van der Waals surface area contributed by atoms with Crippen molar-refractivity contribution in [2.24, 2.45) is 0 Å². The Kier molecular flexibility index (Phi) is 6.45. The van der Waals surface area contributed by atoms with Gasteiger partial charge in [-0.1, -0.05) is 84.4 Å². The molecule has 0 saturated heterocycles. The Morgan fingerprint density at radius 2 is 1.29 bits per heavy atom. The van der Waals surface area contributed by atoms with Crippen molar-refractivity contribution in [2.75, 3.05) is 0 Å². The van der Waals surface area contributed by atoms with Crippen molar-refractivity contribution in [3.8, 4) is 16.9 Å². The number of hydrogen-bond acceptors (Lipinski definition) is 2. The minimum Gasteiger partial charge on any atom is -0.461 e. The highest BCUT2D eigenvalue weighted by Gasteiger charge is 2.33. The molecule has 0 spiro atoms. The van der Waals surface area contributed by atoms with Crippen LogP contribution in [0.15, 0.2) is 127 Å². The van der Waals surface area contributed by atoms with E-state index in [-0.39, 0.29) is 5.92 Å². The Bertz CT molecular complexity index is 2290. The molecule has 1 atom stereocenters. The van der Waals surface area contributed by atoms with Crippen LogP contribution in [-0.4, -0.2) is 14.0 Å². The summed E-state index contributed by atoms with van der Waals surface area (Å²) in [7, 11) is 0. The maximum absolute atomic E-state index is 6.15. The zero-order chi connectivity index (χ0) is 30.7. The topological polar surface area (TPSA) is 31.5 Å². The van der Waals surface area contributed by atoms with Crippen molar-refractivity contribution in [2.45, 2.75) is 40.0 Å². The van der Waals surface area contributed by atoms with Crippen LogP contribution in [0.5, 0.6) is 5.75 Å². The third-order valence-corrected chi connectivity index (χ3v) is 9.19. The van der Waals surface area contributed by atoms with Crippen molar-refractivity contribution < 1.29 is 4.74 Å². The second-order valence-corrected chi connectivity index (χ2v) is 12.3. The Labute approximate surface area is 263 Å². The van der Waals surface area contributed by atoms with Crippen LogP contribution in [0, 0.1) is 27.7 Å². The molecular formula is C41H35N3O. The zero-order valence-corrected chi connectivity index (χ0v) is 26.1. The molecule has 4 heteroatoms. The summed E-state index contributed by atoms with van der Waals surface area (Å²) in [6.45, 7) is 8.58. The maximum Gasteiger partial charge on any atom is 0.220 e. The number of imidazole rings is 2. The lowest BCUT2D eigenvalue weighted by atomic mass is 9.89. The van der Waals surface area contributed by atoms with Gasteiger partial charge in [0, 0.05) is 17.7 Å². The first-order chi connectivity index (χ1) is 22.0. The molecule has 4 nitrogen and oxygen atoms in total. The van der Waals surface area contributed by atoms with Crippen molar-refractivity contribution in [1.82, 2.24) is 14.0 Å². The summed E-state index contributed by atoms with van der Waals surface area (Å²) in [5, 5.41) is 0. The molecule has 1 aliphatic carbocycles. The fraction of sp³-hybridized carbons (Fsp3) is 0.146. The number of benzene rings is 5. The number of aryl methyl sites for hydroxylation is 4. The number of nitrogens with zero attached hydrogens (tertiary/aromatic N) is 3. The second kappa shape index (κ2) is 10.7. The van der Waals surface area contributed by atoms with Crippen LogP contribution < -0.4 is 4.74 Å². The lowest BCUT2D eigenvalue weighted by Crippen LogP contribution is -2.09. The third kappa shape index (κ3) is 4.56. The molecule has 2 aliphatic rings. The van der Waals surface area contributed by atoms with Crippen LogP contribution in [-0.2, 0) is 0 Å². The van der Waals surface area contributed by atoms with Crippen LogP contribution >= 0.6 is 0 Å². The van der Waals surface area contributed by atoms with E-state index in [2.05, 4.69) is 158 Å². The molecule has 0 amide bonds. The fourth-order valence-electron chi connectivity index (χ4n) is 6.91. The van der Waals surface area contributed by atoms with E-state index in [4.69, 9.17) is 9.72 Å². The van der Waals surface area contributed by atoms with Gasteiger partial charge in [-0.05, 0) is 98.0 Å². The number of ether oxygens (including phenoxy) is 1. The van der Waals surface area contributed by atoms with Crippen molar-refractivity contribution >= 4 is 33.5 Å². The first kappa shape index (κ1) is 27.2. The number of hydrogen-bond donors (Lipinski definition) is 0. The molecule has 0 N–H and O–H groups in total. The summed E-state index contributed by atoms with van der Waals surface area (Å²) >= 11 is 0. The Hall–Kier alpha value is -5.35. The smallest absolute Gasteiger partial charge is 0.220 e. The van der Waals surface area contributed by atoms with Gasteiger partial charge in [0.15, 0.2) is 0 Å². The van der Waals surface area contributed by atoms with E-state index in [1.54, 1.807) is 0 Å². The first-order valence-electron chi connectivity index (χ1n) is 15.7. The van der Waals surface area contributed by atoms with E-state index in [1.807, 2.05) is 0 Å². The average Bonchev–Trinajstić information content (AvgIpc) is 3.70. The SMILES string of the molecule is Cc1ccc2c(c1)C1CC(n3c4ccccc4n4c5cc(C)ccc5nc34)=CC=C1O2.Cc1ccccc1-c1ccccc1C. The van der Waals surface area contributed by atoms with Gasteiger partial charge in [0.2, 0.25) is 5.78 Å². The minimum atomic E-state index is 0.253. The summed E-state index contributed by atoms with van der Waals surface area (Å²) in [6, 6.07) is 38.5. The maximum atomic E-state index is 6.15. The summed E-state index contributed by atoms with van der Waals surface area (Å²) in [6.07, 6.45) is 5.22. The Balaban J connectivity index is 0.000000181. The van der Waals surface area contributed by atoms with Gasteiger partial charge < -0.3 is 4.74 Å². The van der Waals surface area contributed by atoms with Gasteiger partial charge in [-0.25, -0.2) is 4.98 Å². The highest BCUT2D eigenvalue weighted by molar-refractivity contribution is 5.93. The third-order valence-electron chi connectivity index (χ3n) is 9.19. The molecule has 9 rings (SSSR count). The summed E-state index contributed by atoms with van der Waals surface area (Å²) in [4.78, 5) is 5.05. The Morgan fingerprint density at radius 3 is 2.02 bits per heavy atom. The van der Waals surface area contributed by atoms with E-state index in [1.165, 1.54) is 55.7 Å². The largest absolute Gasteiger partial charge is 0.461 e. The van der Waals surface area contributed by atoms with E-state index in [0.717, 1.165) is 34.7 Å². The molecule has 1 unspecified atom stereocenters. The highest BCUT2D eigenvalue weighted by Crippen LogP contribution is 2.47. The van der Waals surface area contributed by atoms with Gasteiger partial charge in [0.25, 0.3) is 0 Å². The predicted octanol–water partition coefficient (Wildman–Crippen LogP) is 10.3. The first-order valence-corrected chi connectivity index (χ1v) is 15.7. The van der Waals surface area contributed by atoms with Gasteiger partial charge >= 0.3 is 0 Å². The monoisotopic (exact) mass is 585 g/mol. The van der Waals surface area contributed by atoms with E-state index in [9.17, 15) is 0 Å². The predicted molar refractivity (Wildman–Crippen MR) is 186 cm³/mol. The number of para-hydroxylation sites is 2. The molecule has 3 heterocycles. The number of allylic oxidation sites excluding steroid dienone is 4. The van der Waals surface area contributed by atoms with Crippen molar-refractivity contribution in [3.63, 3.8) is 0 Å².